The van der Waals surface area contributed by atoms with E-state index in [1.165, 1.54) is 6.26 Å². The van der Waals surface area contributed by atoms with Crippen molar-refractivity contribution < 1.29 is 38.0 Å². The molecule has 1 aliphatic heterocycles. The molecule has 0 aromatic heterocycles. The highest BCUT2D eigenvalue weighted by atomic mass is 16.7. The lowest BCUT2D eigenvalue weighted by Gasteiger charge is -2.20. The van der Waals surface area contributed by atoms with Gasteiger partial charge in [-0.2, -0.15) is 0 Å². The van der Waals surface area contributed by atoms with Crippen molar-refractivity contribution in [3.63, 3.8) is 0 Å². The molecular formula is C19H30O8. The Morgan fingerprint density at radius 2 is 1.70 bits per heavy atom. The Balaban J connectivity index is 0.000000503. The lowest BCUT2D eigenvalue weighted by Crippen LogP contribution is -2.27. The molecule has 1 fully saturated rings. The summed E-state index contributed by atoms with van der Waals surface area (Å²) in [4.78, 5) is 21.3. The molecule has 1 aliphatic rings. The molecule has 0 aromatic rings. The first kappa shape index (κ1) is 24.8. The molecule has 0 aromatic carbocycles. The van der Waals surface area contributed by atoms with Gasteiger partial charge >= 0.3 is 11.9 Å². The molecule has 0 radical (unpaired) electrons. The summed E-state index contributed by atoms with van der Waals surface area (Å²) in [7, 11) is 0. The molecule has 0 amide bonds. The van der Waals surface area contributed by atoms with Crippen LogP contribution in [0.2, 0.25) is 0 Å². The normalized spacial score (nSPS) is 20.6. The number of esters is 2. The highest BCUT2D eigenvalue weighted by Crippen LogP contribution is 2.26. The number of carbonyl (C=O) groups excluding carboxylic acids is 2. The van der Waals surface area contributed by atoms with E-state index < -0.39 is 17.7 Å². The van der Waals surface area contributed by atoms with E-state index in [2.05, 4.69) is 24.5 Å². The van der Waals surface area contributed by atoms with Gasteiger partial charge in [-0.25, -0.2) is 9.59 Å². The minimum Gasteiger partial charge on any atom is -0.499 e. The van der Waals surface area contributed by atoms with E-state index in [1.807, 2.05) is 13.8 Å². The van der Waals surface area contributed by atoms with Gasteiger partial charge < -0.3 is 28.4 Å². The van der Waals surface area contributed by atoms with Crippen LogP contribution >= 0.6 is 0 Å². The van der Waals surface area contributed by atoms with Crippen LogP contribution in [0.25, 0.3) is 0 Å². The molecule has 2 atom stereocenters. The van der Waals surface area contributed by atoms with Crippen molar-refractivity contribution in [2.45, 2.75) is 32.2 Å². The van der Waals surface area contributed by atoms with E-state index >= 15 is 0 Å². The summed E-state index contributed by atoms with van der Waals surface area (Å²) in [6, 6.07) is 0. The van der Waals surface area contributed by atoms with E-state index in [0.717, 1.165) is 18.6 Å². The molecule has 0 spiro atoms. The molecule has 1 saturated heterocycles. The predicted octanol–water partition coefficient (Wildman–Crippen LogP) is 2.15. The van der Waals surface area contributed by atoms with Gasteiger partial charge in [-0.3, -0.25) is 0 Å². The number of carbonyl (C=O) groups is 2. The number of rotatable bonds is 12. The van der Waals surface area contributed by atoms with Crippen molar-refractivity contribution in [1.82, 2.24) is 0 Å². The predicted molar refractivity (Wildman–Crippen MR) is 98.8 cm³/mol. The zero-order valence-corrected chi connectivity index (χ0v) is 16.1. The van der Waals surface area contributed by atoms with Gasteiger partial charge in [-0.1, -0.05) is 26.7 Å². The van der Waals surface area contributed by atoms with E-state index in [0.29, 0.717) is 26.4 Å². The SMILES string of the molecule is C=CC(=O)OCC1COC(C)(CC)O1.C=COCCOCCOC(=O)C=C. The fourth-order valence-electron chi connectivity index (χ4n) is 1.74. The maximum Gasteiger partial charge on any atom is 0.330 e. The van der Waals surface area contributed by atoms with Crippen molar-refractivity contribution in [3.8, 4) is 0 Å². The molecule has 8 heteroatoms. The summed E-state index contributed by atoms with van der Waals surface area (Å²) < 4.78 is 30.3. The summed E-state index contributed by atoms with van der Waals surface area (Å²) in [6.45, 7) is 16.0. The maximum atomic E-state index is 10.8. The van der Waals surface area contributed by atoms with Gasteiger partial charge in [0.15, 0.2) is 5.79 Å². The Kier molecular flexibility index (Phi) is 13.8. The van der Waals surface area contributed by atoms with Gasteiger partial charge in [0.2, 0.25) is 0 Å². The quantitative estimate of drug-likeness (QED) is 0.218. The number of hydrogen-bond acceptors (Lipinski definition) is 8. The first-order chi connectivity index (χ1) is 12.9. The highest BCUT2D eigenvalue weighted by molar-refractivity contribution is 5.81. The topological polar surface area (TPSA) is 89.5 Å². The number of hydrogen-bond donors (Lipinski definition) is 0. The molecule has 0 aliphatic carbocycles. The van der Waals surface area contributed by atoms with E-state index in [4.69, 9.17) is 23.7 Å². The molecular weight excluding hydrogens is 356 g/mol. The average molecular weight is 386 g/mol. The number of ether oxygens (including phenoxy) is 6. The maximum absolute atomic E-state index is 10.8. The molecule has 0 saturated carbocycles. The third-order valence-electron chi connectivity index (χ3n) is 3.31. The van der Waals surface area contributed by atoms with Crippen LogP contribution in [0.3, 0.4) is 0 Å². The highest BCUT2D eigenvalue weighted by Gasteiger charge is 2.35. The Bertz CT molecular complexity index is 476. The summed E-state index contributed by atoms with van der Waals surface area (Å²) in [5.41, 5.74) is 0. The molecule has 0 bridgehead atoms. The smallest absolute Gasteiger partial charge is 0.330 e. The molecule has 8 nitrogen and oxygen atoms in total. The summed E-state index contributed by atoms with van der Waals surface area (Å²) in [5.74, 6) is -1.39. The van der Waals surface area contributed by atoms with Crippen molar-refractivity contribution in [1.29, 1.82) is 0 Å². The van der Waals surface area contributed by atoms with Crippen molar-refractivity contribution in [2.75, 3.05) is 39.6 Å². The minimum atomic E-state index is -0.523. The standard InChI is InChI=1S/C10H16O4.C9H14O4/c1-4-9(11)12-6-8-7-13-10(3,5-2)14-8;1-3-9(10)13-8-7-12-6-5-11-4-2/h4,8H,1,5-7H2,2-3H3;3-4H,1-2,5-8H2. The Morgan fingerprint density at radius 3 is 2.26 bits per heavy atom. The third kappa shape index (κ3) is 12.8. The van der Waals surface area contributed by atoms with Gasteiger partial charge in [0.25, 0.3) is 0 Å². The first-order valence-corrected chi connectivity index (χ1v) is 8.61. The molecule has 154 valence electrons. The summed E-state index contributed by atoms with van der Waals surface area (Å²) in [6.07, 6.45) is 4.21. The van der Waals surface area contributed by atoms with Gasteiger partial charge in [-0.05, 0) is 13.3 Å². The third-order valence-corrected chi connectivity index (χ3v) is 3.31. The van der Waals surface area contributed by atoms with Crippen molar-refractivity contribution in [2.24, 2.45) is 0 Å². The van der Waals surface area contributed by atoms with Gasteiger partial charge in [0.05, 0.1) is 26.1 Å². The van der Waals surface area contributed by atoms with Crippen LogP contribution in [0.5, 0.6) is 0 Å². The minimum absolute atomic E-state index is 0.163. The lowest BCUT2D eigenvalue weighted by molar-refractivity contribution is -0.165. The van der Waals surface area contributed by atoms with Crippen LogP contribution in [-0.2, 0) is 38.0 Å². The van der Waals surface area contributed by atoms with E-state index in [9.17, 15) is 9.59 Å². The van der Waals surface area contributed by atoms with Crippen molar-refractivity contribution >= 4 is 11.9 Å². The monoisotopic (exact) mass is 386 g/mol. The van der Waals surface area contributed by atoms with Crippen LogP contribution in [-0.4, -0.2) is 63.5 Å². The van der Waals surface area contributed by atoms with Crippen LogP contribution in [0.15, 0.2) is 38.2 Å². The Morgan fingerprint density at radius 1 is 1.07 bits per heavy atom. The van der Waals surface area contributed by atoms with Crippen LogP contribution in [0, 0.1) is 0 Å². The van der Waals surface area contributed by atoms with Crippen LogP contribution in [0.1, 0.15) is 20.3 Å². The fraction of sp³-hybridized carbons (Fsp3) is 0.579. The van der Waals surface area contributed by atoms with Crippen LogP contribution in [0.4, 0.5) is 0 Å². The first-order valence-electron chi connectivity index (χ1n) is 8.61. The summed E-state index contributed by atoms with van der Waals surface area (Å²) in [5, 5.41) is 0. The second-order valence-electron chi connectivity index (χ2n) is 5.39. The van der Waals surface area contributed by atoms with Gasteiger partial charge in [0.1, 0.15) is 25.9 Å². The van der Waals surface area contributed by atoms with Gasteiger partial charge in [-0.15, -0.1) is 0 Å². The second kappa shape index (κ2) is 15.0. The van der Waals surface area contributed by atoms with E-state index in [-0.39, 0.29) is 19.3 Å². The van der Waals surface area contributed by atoms with Gasteiger partial charge in [0, 0.05) is 12.2 Å². The fourth-order valence-corrected chi connectivity index (χ4v) is 1.74. The average Bonchev–Trinajstić information content (AvgIpc) is 3.07. The molecule has 1 heterocycles. The summed E-state index contributed by atoms with van der Waals surface area (Å²) >= 11 is 0. The Labute approximate surface area is 160 Å². The molecule has 0 N–H and O–H groups in total. The second-order valence-corrected chi connectivity index (χ2v) is 5.39. The Hall–Kier alpha value is -2.16. The zero-order valence-electron chi connectivity index (χ0n) is 16.1. The molecule has 1 rings (SSSR count). The van der Waals surface area contributed by atoms with E-state index in [1.54, 1.807) is 0 Å². The molecule has 2 unspecified atom stereocenters. The largest absolute Gasteiger partial charge is 0.499 e. The lowest BCUT2D eigenvalue weighted by atomic mass is 10.2. The zero-order chi connectivity index (χ0) is 20.5. The van der Waals surface area contributed by atoms with Crippen molar-refractivity contribution in [3.05, 3.63) is 38.2 Å². The van der Waals surface area contributed by atoms with Crippen LogP contribution < -0.4 is 0 Å². The molecule has 27 heavy (non-hydrogen) atoms.